The fraction of sp³-hybridized carbons (Fsp3) is 0.667. The zero-order chi connectivity index (χ0) is 5.11. The van der Waals surface area contributed by atoms with E-state index in [1.807, 2.05) is 0 Å². The summed E-state index contributed by atoms with van der Waals surface area (Å²) in [5, 5.41) is 1.06. The summed E-state index contributed by atoms with van der Waals surface area (Å²) in [5.74, 6) is 0. The largest absolute Gasteiger partial charge is 0.0895 e. The molecule has 0 radical (unpaired) electrons. The molecule has 0 aromatic heterocycles. The number of rotatable bonds is 0. The van der Waals surface area contributed by atoms with Crippen LogP contribution < -0.4 is 0 Å². The van der Waals surface area contributed by atoms with Crippen molar-refractivity contribution in [2.45, 2.75) is 25.7 Å². The van der Waals surface area contributed by atoms with Crippen LogP contribution in [0.4, 0.5) is 0 Å². The van der Waals surface area contributed by atoms with Gasteiger partial charge in [-0.25, -0.2) is 0 Å². The molecule has 0 atom stereocenters. The SMILES string of the molecule is ClC1=CCCCC1.[Zn]. The molecule has 1 aliphatic rings. The summed E-state index contributed by atoms with van der Waals surface area (Å²) in [6.07, 6.45) is 7.04. The van der Waals surface area contributed by atoms with Crippen molar-refractivity contribution in [1.82, 2.24) is 0 Å². The van der Waals surface area contributed by atoms with Crippen LogP contribution in [0.5, 0.6) is 0 Å². The summed E-state index contributed by atoms with van der Waals surface area (Å²) in [7, 11) is 0. The van der Waals surface area contributed by atoms with Gasteiger partial charge in [0.25, 0.3) is 0 Å². The van der Waals surface area contributed by atoms with Gasteiger partial charge in [0, 0.05) is 24.5 Å². The second kappa shape index (κ2) is 4.52. The molecule has 0 amide bonds. The first kappa shape index (κ1) is 8.65. The number of hydrogen-bond donors (Lipinski definition) is 0. The minimum absolute atomic E-state index is 0. The van der Waals surface area contributed by atoms with Crippen LogP contribution in [0.2, 0.25) is 0 Å². The normalized spacial score (nSPS) is 18.9. The van der Waals surface area contributed by atoms with Gasteiger partial charge in [0.2, 0.25) is 0 Å². The van der Waals surface area contributed by atoms with Crippen molar-refractivity contribution < 1.29 is 19.5 Å². The van der Waals surface area contributed by atoms with Gasteiger partial charge in [-0.3, -0.25) is 0 Å². The maximum Gasteiger partial charge on any atom is 0.0141 e. The molecule has 0 heterocycles. The van der Waals surface area contributed by atoms with E-state index < -0.39 is 0 Å². The summed E-state index contributed by atoms with van der Waals surface area (Å²) in [6, 6.07) is 0. The zero-order valence-corrected chi connectivity index (χ0v) is 8.71. The van der Waals surface area contributed by atoms with Gasteiger partial charge in [-0.2, -0.15) is 0 Å². The van der Waals surface area contributed by atoms with E-state index in [2.05, 4.69) is 6.08 Å². The topological polar surface area (TPSA) is 0 Å². The van der Waals surface area contributed by atoms with Crippen LogP contribution in [0.1, 0.15) is 25.7 Å². The van der Waals surface area contributed by atoms with Gasteiger partial charge in [-0.15, -0.1) is 0 Å². The van der Waals surface area contributed by atoms with Crippen molar-refractivity contribution in [2.75, 3.05) is 0 Å². The van der Waals surface area contributed by atoms with Gasteiger partial charge >= 0.3 is 0 Å². The molecule has 0 aromatic carbocycles. The van der Waals surface area contributed by atoms with E-state index in [-0.39, 0.29) is 19.5 Å². The van der Waals surface area contributed by atoms with E-state index in [0.29, 0.717) is 0 Å². The molecule has 0 nitrogen and oxygen atoms in total. The number of allylic oxidation sites excluding steroid dienone is 2. The van der Waals surface area contributed by atoms with Gasteiger partial charge in [-0.1, -0.05) is 17.7 Å². The van der Waals surface area contributed by atoms with E-state index in [0.717, 1.165) is 11.5 Å². The molecular formula is C6H9ClZn. The quantitative estimate of drug-likeness (QED) is 0.505. The van der Waals surface area contributed by atoms with Crippen molar-refractivity contribution in [3.8, 4) is 0 Å². The predicted octanol–water partition coefficient (Wildman–Crippen LogP) is 2.68. The third kappa shape index (κ3) is 2.84. The maximum atomic E-state index is 5.68. The molecule has 1 aliphatic carbocycles. The summed E-state index contributed by atoms with van der Waals surface area (Å²) in [4.78, 5) is 0. The van der Waals surface area contributed by atoms with Crippen LogP contribution in [-0.2, 0) is 19.5 Å². The first-order chi connectivity index (χ1) is 3.39. The van der Waals surface area contributed by atoms with Crippen molar-refractivity contribution >= 4 is 11.6 Å². The molecule has 0 aliphatic heterocycles. The molecule has 0 N–H and O–H groups in total. The Hall–Kier alpha value is 0.653. The third-order valence-corrected chi connectivity index (χ3v) is 1.58. The fourth-order valence-corrected chi connectivity index (χ4v) is 1.04. The Bertz CT molecular complexity index is 88.5. The van der Waals surface area contributed by atoms with E-state index in [9.17, 15) is 0 Å². The predicted molar refractivity (Wildman–Crippen MR) is 32.4 cm³/mol. The maximum absolute atomic E-state index is 5.68. The zero-order valence-electron chi connectivity index (χ0n) is 4.99. The van der Waals surface area contributed by atoms with Crippen LogP contribution in [0.25, 0.3) is 0 Å². The first-order valence-corrected chi connectivity index (χ1v) is 3.12. The van der Waals surface area contributed by atoms with Crippen molar-refractivity contribution in [3.63, 3.8) is 0 Å². The van der Waals surface area contributed by atoms with Crippen molar-refractivity contribution in [3.05, 3.63) is 11.1 Å². The van der Waals surface area contributed by atoms with E-state index in [1.165, 1.54) is 19.3 Å². The van der Waals surface area contributed by atoms with Gasteiger partial charge in [0.1, 0.15) is 0 Å². The van der Waals surface area contributed by atoms with E-state index in [1.54, 1.807) is 0 Å². The summed E-state index contributed by atoms with van der Waals surface area (Å²) in [6.45, 7) is 0. The van der Waals surface area contributed by atoms with E-state index in [4.69, 9.17) is 11.6 Å². The monoisotopic (exact) mass is 180 g/mol. The van der Waals surface area contributed by atoms with Crippen LogP contribution >= 0.6 is 11.6 Å². The van der Waals surface area contributed by atoms with Crippen LogP contribution in [0, 0.1) is 0 Å². The summed E-state index contributed by atoms with van der Waals surface area (Å²) >= 11 is 5.68. The minimum Gasteiger partial charge on any atom is -0.0895 e. The Morgan fingerprint density at radius 3 is 2.38 bits per heavy atom. The van der Waals surface area contributed by atoms with Crippen molar-refractivity contribution in [1.29, 1.82) is 0 Å². The third-order valence-electron chi connectivity index (χ3n) is 1.24. The second-order valence-electron chi connectivity index (χ2n) is 1.90. The van der Waals surface area contributed by atoms with Gasteiger partial charge in [0.05, 0.1) is 0 Å². The molecule has 42 valence electrons. The summed E-state index contributed by atoms with van der Waals surface area (Å²) in [5.41, 5.74) is 0. The Kier molecular flexibility index (Phi) is 4.89. The molecule has 0 fully saturated rings. The molecule has 0 unspecified atom stereocenters. The number of halogens is 1. The van der Waals surface area contributed by atoms with Crippen LogP contribution in [-0.4, -0.2) is 0 Å². The van der Waals surface area contributed by atoms with Crippen molar-refractivity contribution in [2.24, 2.45) is 0 Å². The second-order valence-corrected chi connectivity index (χ2v) is 2.38. The van der Waals surface area contributed by atoms with E-state index >= 15 is 0 Å². The first-order valence-electron chi connectivity index (χ1n) is 2.74. The molecule has 0 bridgehead atoms. The Morgan fingerprint density at radius 1 is 1.38 bits per heavy atom. The molecule has 2 heteroatoms. The molecule has 0 spiro atoms. The Labute approximate surface area is 68.1 Å². The number of hydrogen-bond acceptors (Lipinski definition) is 0. The molecule has 8 heavy (non-hydrogen) atoms. The molecule has 0 saturated carbocycles. The molecule has 1 rings (SSSR count). The standard InChI is InChI=1S/C6H9Cl.Zn/c7-6-4-2-1-3-5-6;/h4H,1-3,5H2;. The Morgan fingerprint density at radius 2 is 2.12 bits per heavy atom. The average molecular weight is 182 g/mol. The fourth-order valence-electron chi connectivity index (χ4n) is 0.799. The average Bonchev–Trinajstić information content (AvgIpc) is 1.69. The Balaban J connectivity index is 0.000000490. The van der Waals surface area contributed by atoms with Gasteiger partial charge < -0.3 is 0 Å². The molecular weight excluding hydrogens is 173 g/mol. The van der Waals surface area contributed by atoms with Gasteiger partial charge in [-0.05, 0) is 25.7 Å². The minimum atomic E-state index is 0. The van der Waals surface area contributed by atoms with Crippen LogP contribution in [0.3, 0.4) is 0 Å². The summed E-state index contributed by atoms with van der Waals surface area (Å²) < 4.78 is 0. The smallest absolute Gasteiger partial charge is 0.0141 e. The van der Waals surface area contributed by atoms with Gasteiger partial charge in [0.15, 0.2) is 0 Å². The molecule has 0 aromatic rings. The molecule has 0 saturated heterocycles. The van der Waals surface area contributed by atoms with Crippen LogP contribution in [0.15, 0.2) is 11.1 Å².